The third kappa shape index (κ3) is 2.73. The second-order valence-electron chi connectivity index (χ2n) is 3.50. The molecule has 0 aromatic carbocycles. The predicted octanol–water partition coefficient (Wildman–Crippen LogP) is 1.41. The number of methoxy groups -OCH3 is 1. The molecule has 1 heterocycles. The molecule has 0 bridgehead atoms. The number of hydrogen-bond acceptors (Lipinski definition) is 4. The van der Waals surface area contributed by atoms with Crippen molar-refractivity contribution in [1.29, 1.82) is 0 Å². The molecule has 5 nitrogen and oxygen atoms in total. The number of nitrogens with zero attached hydrogens (tertiary/aromatic N) is 1. The smallest absolute Gasteiger partial charge is 0.357 e. The van der Waals surface area contributed by atoms with E-state index in [1.165, 1.54) is 7.11 Å². The number of nitrogens with two attached hydrogens (primary N) is 1. The van der Waals surface area contributed by atoms with E-state index < -0.39 is 5.97 Å². The number of carbonyl (C=O) groups is 1. The van der Waals surface area contributed by atoms with Gasteiger partial charge in [-0.1, -0.05) is 0 Å². The summed E-state index contributed by atoms with van der Waals surface area (Å²) in [6.45, 7) is 3.88. The number of carbonyl (C=O) groups excluding carboxylic acids is 1. The van der Waals surface area contributed by atoms with Crippen LogP contribution in [0.25, 0.3) is 0 Å². The van der Waals surface area contributed by atoms with Crippen LogP contribution in [0.4, 0.5) is 5.69 Å². The number of rotatable bonds is 4. The van der Waals surface area contributed by atoms with Gasteiger partial charge in [0.25, 0.3) is 0 Å². The lowest BCUT2D eigenvalue weighted by Crippen LogP contribution is -2.14. The average molecular weight is 212 g/mol. The highest BCUT2D eigenvalue weighted by atomic mass is 16.7. The van der Waals surface area contributed by atoms with E-state index in [0.29, 0.717) is 11.4 Å². The van der Waals surface area contributed by atoms with E-state index in [4.69, 9.17) is 10.5 Å². The lowest BCUT2D eigenvalue weighted by atomic mass is 10.3. The van der Waals surface area contributed by atoms with Crippen molar-refractivity contribution >= 4 is 11.7 Å². The highest BCUT2D eigenvalue weighted by Crippen LogP contribution is 2.17. The van der Waals surface area contributed by atoms with Gasteiger partial charge >= 0.3 is 5.97 Å². The Labute approximate surface area is 88.8 Å². The summed E-state index contributed by atoms with van der Waals surface area (Å²) in [6, 6.07) is 1.75. The number of anilines is 1. The van der Waals surface area contributed by atoms with Crippen molar-refractivity contribution in [2.75, 3.05) is 19.6 Å². The van der Waals surface area contributed by atoms with Crippen molar-refractivity contribution in [3.63, 3.8) is 0 Å². The Morgan fingerprint density at radius 2 is 2.27 bits per heavy atom. The third-order valence-electron chi connectivity index (χ3n) is 1.94. The van der Waals surface area contributed by atoms with Crippen molar-refractivity contribution in [3.8, 4) is 0 Å². The monoisotopic (exact) mass is 212 g/mol. The molecule has 0 aliphatic heterocycles. The fourth-order valence-electron chi connectivity index (χ4n) is 1.28. The predicted molar refractivity (Wildman–Crippen MR) is 56.5 cm³/mol. The SMILES string of the molecule is COCOC(=O)c1cc(N)cn1C(C)C. The second kappa shape index (κ2) is 4.84. The number of nitrogen functional groups attached to an aromatic ring is 1. The van der Waals surface area contributed by atoms with Gasteiger partial charge < -0.3 is 19.8 Å². The second-order valence-corrected chi connectivity index (χ2v) is 3.50. The van der Waals surface area contributed by atoms with E-state index in [-0.39, 0.29) is 12.8 Å². The van der Waals surface area contributed by atoms with Gasteiger partial charge in [-0.2, -0.15) is 0 Å². The van der Waals surface area contributed by atoms with Gasteiger partial charge in [0.05, 0.1) is 5.69 Å². The molecule has 0 fully saturated rings. The van der Waals surface area contributed by atoms with Gasteiger partial charge in [0.2, 0.25) is 0 Å². The van der Waals surface area contributed by atoms with E-state index in [2.05, 4.69) is 4.74 Å². The lowest BCUT2D eigenvalue weighted by molar-refractivity contribution is -0.0134. The maximum Gasteiger partial charge on any atom is 0.357 e. The van der Waals surface area contributed by atoms with Gasteiger partial charge in [-0.25, -0.2) is 4.79 Å². The van der Waals surface area contributed by atoms with E-state index in [9.17, 15) is 4.79 Å². The Morgan fingerprint density at radius 1 is 1.60 bits per heavy atom. The Morgan fingerprint density at radius 3 is 2.80 bits per heavy atom. The lowest BCUT2D eigenvalue weighted by Gasteiger charge is -2.11. The Hall–Kier alpha value is -1.49. The van der Waals surface area contributed by atoms with Gasteiger partial charge in [0.15, 0.2) is 6.79 Å². The zero-order valence-electron chi connectivity index (χ0n) is 9.19. The van der Waals surface area contributed by atoms with Crippen LogP contribution in [-0.4, -0.2) is 24.4 Å². The van der Waals surface area contributed by atoms with E-state index in [0.717, 1.165) is 0 Å². The first kappa shape index (κ1) is 11.6. The first-order chi connectivity index (χ1) is 7.06. The molecule has 0 saturated heterocycles. The average Bonchev–Trinajstić information content (AvgIpc) is 2.57. The summed E-state index contributed by atoms with van der Waals surface area (Å²) < 4.78 is 11.3. The molecule has 1 rings (SSSR count). The Balaban J connectivity index is 2.87. The Bertz CT molecular complexity index is 344. The molecule has 84 valence electrons. The fraction of sp³-hybridized carbons (Fsp3) is 0.500. The van der Waals surface area contributed by atoms with Gasteiger partial charge in [0, 0.05) is 19.3 Å². The molecule has 0 unspecified atom stereocenters. The molecule has 1 aromatic rings. The van der Waals surface area contributed by atoms with Crippen LogP contribution in [0.15, 0.2) is 12.3 Å². The van der Waals surface area contributed by atoms with Crippen LogP contribution < -0.4 is 5.73 Å². The van der Waals surface area contributed by atoms with Crippen LogP contribution in [0, 0.1) is 0 Å². The molecule has 0 amide bonds. The minimum absolute atomic E-state index is 0.0536. The highest BCUT2D eigenvalue weighted by Gasteiger charge is 2.15. The molecule has 0 aliphatic rings. The number of aromatic nitrogens is 1. The number of ether oxygens (including phenoxy) is 2. The molecule has 0 saturated carbocycles. The molecular weight excluding hydrogens is 196 g/mol. The summed E-state index contributed by atoms with van der Waals surface area (Å²) in [5.41, 5.74) is 6.62. The normalized spacial score (nSPS) is 10.7. The van der Waals surface area contributed by atoms with Crippen LogP contribution in [0.3, 0.4) is 0 Å². The van der Waals surface area contributed by atoms with Crippen LogP contribution in [0.1, 0.15) is 30.4 Å². The summed E-state index contributed by atoms with van der Waals surface area (Å²) in [5.74, 6) is -0.428. The minimum Gasteiger partial charge on any atom is -0.434 e. The van der Waals surface area contributed by atoms with Crippen molar-refractivity contribution in [2.24, 2.45) is 0 Å². The highest BCUT2D eigenvalue weighted by molar-refractivity contribution is 5.89. The number of hydrogen-bond donors (Lipinski definition) is 1. The van der Waals surface area contributed by atoms with E-state index in [1.807, 2.05) is 13.8 Å². The molecule has 0 radical (unpaired) electrons. The maximum atomic E-state index is 11.6. The summed E-state index contributed by atoms with van der Waals surface area (Å²) in [5, 5.41) is 0. The fourth-order valence-corrected chi connectivity index (χ4v) is 1.28. The van der Waals surface area contributed by atoms with Crippen molar-refractivity contribution in [2.45, 2.75) is 19.9 Å². The third-order valence-corrected chi connectivity index (χ3v) is 1.94. The summed E-state index contributed by atoms with van der Waals surface area (Å²) in [7, 11) is 1.46. The molecule has 0 atom stereocenters. The zero-order valence-corrected chi connectivity index (χ0v) is 9.19. The summed E-state index contributed by atoms with van der Waals surface area (Å²) in [6.07, 6.45) is 1.72. The molecule has 1 aromatic heterocycles. The first-order valence-electron chi connectivity index (χ1n) is 4.69. The molecular formula is C10H16N2O3. The zero-order chi connectivity index (χ0) is 11.4. The summed E-state index contributed by atoms with van der Waals surface area (Å²) in [4.78, 5) is 11.6. The molecule has 2 N–H and O–H groups in total. The summed E-state index contributed by atoms with van der Waals surface area (Å²) >= 11 is 0. The quantitative estimate of drug-likeness (QED) is 0.605. The van der Waals surface area contributed by atoms with Crippen molar-refractivity contribution in [1.82, 2.24) is 4.57 Å². The standard InChI is InChI=1S/C10H16N2O3/c1-7(2)12-5-8(11)4-9(12)10(13)15-6-14-3/h4-5,7H,6,11H2,1-3H3. The Kier molecular flexibility index (Phi) is 3.74. The topological polar surface area (TPSA) is 66.5 Å². The van der Waals surface area contributed by atoms with Gasteiger partial charge in [-0.3, -0.25) is 0 Å². The van der Waals surface area contributed by atoms with Crippen molar-refractivity contribution < 1.29 is 14.3 Å². The van der Waals surface area contributed by atoms with Crippen molar-refractivity contribution in [3.05, 3.63) is 18.0 Å². The molecule has 5 heteroatoms. The molecule has 15 heavy (non-hydrogen) atoms. The molecule has 0 aliphatic carbocycles. The van der Waals surface area contributed by atoms with E-state index >= 15 is 0 Å². The number of esters is 1. The largest absolute Gasteiger partial charge is 0.434 e. The molecule has 0 spiro atoms. The van der Waals surface area contributed by atoms with Crippen LogP contribution in [0.2, 0.25) is 0 Å². The van der Waals surface area contributed by atoms with Gasteiger partial charge in [-0.05, 0) is 19.9 Å². The van der Waals surface area contributed by atoms with Crippen LogP contribution >= 0.6 is 0 Å². The van der Waals surface area contributed by atoms with Crippen LogP contribution in [0.5, 0.6) is 0 Å². The van der Waals surface area contributed by atoms with Gasteiger partial charge in [0.1, 0.15) is 5.69 Å². The maximum absolute atomic E-state index is 11.6. The van der Waals surface area contributed by atoms with E-state index in [1.54, 1.807) is 16.8 Å². The minimum atomic E-state index is -0.428. The van der Waals surface area contributed by atoms with Gasteiger partial charge in [-0.15, -0.1) is 0 Å². The van der Waals surface area contributed by atoms with Crippen LogP contribution in [-0.2, 0) is 9.47 Å². The first-order valence-corrected chi connectivity index (χ1v) is 4.69.